The summed E-state index contributed by atoms with van der Waals surface area (Å²) in [4.78, 5) is 42.1. The van der Waals surface area contributed by atoms with Crippen molar-refractivity contribution in [1.82, 2.24) is 15.5 Å². The van der Waals surface area contributed by atoms with Crippen LogP contribution < -0.4 is 10.6 Å². The van der Waals surface area contributed by atoms with Gasteiger partial charge in [-0.2, -0.15) is 0 Å². The standard InChI is InChI=1S/C24H35N3O4/c1-14(2)27-20(22(29)26-16-10-6-7-11-16)24-13-12-17(31-24)18(19(24)23(27)30)21(28)25-15-8-4-3-5-9-15/h12-20H,3-11H2,1-2H3,(H,25,28)(H,26,29)/t17-,18+,19-,20-,24+/m1/s1. The highest BCUT2D eigenvalue weighted by Crippen LogP contribution is 2.55. The Morgan fingerprint density at radius 3 is 2.19 bits per heavy atom. The lowest BCUT2D eigenvalue weighted by Gasteiger charge is -2.34. The van der Waals surface area contributed by atoms with Gasteiger partial charge in [0.15, 0.2) is 0 Å². The van der Waals surface area contributed by atoms with Gasteiger partial charge in [-0.05, 0) is 39.5 Å². The Balaban J connectivity index is 1.41. The molecule has 5 atom stereocenters. The summed E-state index contributed by atoms with van der Waals surface area (Å²) in [5, 5.41) is 6.38. The predicted molar refractivity (Wildman–Crippen MR) is 115 cm³/mol. The highest BCUT2D eigenvalue weighted by atomic mass is 16.5. The van der Waals surface area contributed by atoms with Crippen LogP contribution in [-0.4, -0.2) is 58.5 Å². The minimum Gasteiger partial charge on any atom is -0.359 e. The number of likely N-dealkylation sites (tertiary alicyclic amines) is 1. The van der Waals surface area contributed by atoms with Gasteiger partial charge in [-0.25, -0.2) is 0 Å². The van der Waals surface area contributed by atoms with Gasteiger partial charge in [0.05, 0.1) is 17.9 Å². The van der Waals surface area contributed by atoms with Crippen LogP contribution in [0.4, 0.5) is 0 Å². The van der Waals surface area contributed by atoms with E-state index in [9.17, 15) is 14.4 Å². The lowest BCUT2D eigenvalue weighted by molar-refractivity contribution is -0.144. The number of carbonyl (C=O) groups excluding carboxylic acids is 3. The molecule has 2 aliphatic carbocycles. The molecule has 2 N–H and O–H groups in total. The van der Waals surface area contributed by atoms with Gasteiger partial charge in [-0.3, -0.25) is 14.4 Å². The Bertz CT molecular complexity index is 784. The van der Waals surface area contributed by atoms with Crippen LogP contribution in [0.5, 0.6) is 0 Å². The van der Waals surface area contributed by atoms with Gasteiger partial charge in [0.2, 0.25) is 17.7 Å². The molecule has 5 rings (SSSR count). The second-order valence-electron chi connectivity index (χ2n) is 10.4. The molecule has 3 aliphatic heterocycles. The normalized spacial score (nSPS) is 37.6. The van der Waals surface area contributed by atoms with Crippen LogP contribution in [0.3, 0.4) is 0 Å². The average Bonchev–Trinajstić information content (AvgIpc) is 3.50. The van der Waals surface area contributed by atoms with Crippen molar-refractivity contribution in [1.29, 1.82) is 0 Å². The van der Waals surface area contributed by atoms with E-state index in [0.29, 0.717) is 0 Å². The molecule has 0 unspecified atom stereocenters. The lowest BCUT2D eigenvalue weighted by Crippen LogP contribution is -2.57. The molecule has 2 saturated carbocycles. The third-order valence-electron chi connectivity index (χ3n) is 8.07. The summed E-state index contributed by atoms with van der Waals surface area (Å²) in [6.07, 6.45) is 13.0. The van der Waals surface area contributed by atoms with E-state index in [1.54, 1.807) is 4.90 Å². The first-order valence-electron chi connectivity index (χ1n) is 12.2. The highest BCUT2D eigenvalue weighted by molar-refractivity contribution is 6.00. The zero-order valence-electron chi connectivity index (χ0n) is 18.6. The lowest BCUT2D eigenvalue weighted by atomic mass is 9.74. The van der Waals surface area contributed by atoms with Gasteiger partial charge in [0.25, 0.3) is 0 Å². The largest absolute Gasteiger partial charge is 0.359 e. The van der Waals surface area contributed by atoms with Gasteiger partial charge >= 0.3 is 0 Å². The smallest absolute Gasteiger partial charge is 0.246 e. The maximum Gasteiger partial charge on any atom is 0.246 e. The second kappa shape index (κ2) is 7.91. The second-order valence-corrected chi connectivity index (χ2v) is 10.4. The number of hydrogen-bond acceptors (Lipinski definition) is 4. The molecule has 3 amide bonds. The molecule has 2 bridgehead atoms. The Kier molecular flexibility index (Phi) is 5.35. The number of nitrogens with one attached hydrogen (secondary N) is 2. The zero-order chi connectivity index (χ0) is 21.8. The summed E-state index contributed by atoms with van der Waals surface area (Å²) in [5.74, 6) is -1.56. The molecule has 2 saturated heterocycles. The molecule has 1 spiro atoms. The van der Waals surface area contributed by atoms with Crippen molar-refractivity contribution in [3.8, 4) is 0 Å². The van der Waals surface area contributed by atoms with E-state index in [0.717, 1.165) is 51.4 Å². The minimum atomic E-state index is -1.04. The van der Waals surface area contributed by atoms with E-state index in [2.05, 4.69) is 10.6 Å². The fraction of sp³-hybridized carbons (Fsp3) is 0.792. The van der Waals surface area contributed by atoms with Crippen molar-refractivity contribution >= 4 is 17.7 Å². The third-order valence-corrected chi connectivity index (χ3v) is 8.07. The molecule has 7 nitrogen and oxygen atoms in total. The molecule has 7 heteroatoms. The maximum atomic E-state index is 13.6. The highest BCUT2D eigenvalue weighted by Gasteiger charge is 2.73. The van der Waals surface area contributed by atoms with E-state index in [1.807, 2.05) is 26.0 Å². The zero-order valence-corrected chi connectivity index (χ0v) is 18.6. The minimum absolute atomic E-state index is 0.0953. The summed E-state index contributed by atoms with van der Waals surface area (Å²) in [5.41, 5.74) is -1.04. The first-order chi connectivity index (χ1) is 14.9. The molecule has 31 heavy (non-hydrogen) atoms. The van der Waals surface area contributed by atoms with Crippen molar-refractivity contribution in [3.63, 3.8) is 0 Å². The Labute approximate surface area is 184 Å². The summed E-state index contributed by atoms with van der Waals surface area (Å²) in [6.45, 7) is 3.86. The maximum absolute atomic E-state index is 13.6. The van der Waals surface area contributed by atoms with Crippen molar-refractivity contribution in [3.05, 3.63) is 12.2 Å². The molecule has 3 heterocycles. The number of fused-ring (bicyclic) bond motifs is 1. The number of nitrogens with zero attached hydrogens (tertiary/aromatic N) is 1. The molecule has 0 aromatic carbocycles. The van der Waals surface area contributed by atoms with Crippen LogP contribution in [-0.2, 0) is 19.1 Å². The summed E-state index contributed by atoms with van der Waals surface area (Å²) < 4.78 is 6.36. The first kappa shape index (κ1) is 21.0. The molecule has 170 valence electrons. The van der Waals surface area contributed by atoms with Crippen LogP contribution in [0, 0.1) is 11.8 Å². The summed E-state index contributed by atoms with van der Waals surface area (Å²) in [6, 6.07) is -0.524. The first-order valence-corrected chi connectivity index (χ1v) is 12.2. The summed E-state index contributed by atoms with van der Waals surface area (Å²) in [7, 11) is 0. The fourth-order valence-electron chi connectivity index (χ4n) is 6.66. The fourth-order valence-corrected chi connectivity index (χ4v) is 6.66. The predicted octanol–water partition coefficient (Wildman–Crippen LogP) is 2.05. The van der Waals surface area contributed by atoms with Crippen molar-refractivity contribution < 1.29 is 19.1 Å². The van der Waals surface area contributed by atoms with Crippen LogP contribution in [0.2, 0.25) is 0 Å². The van der Waals surface area contributed by atoms with E-state index in [1.165, 1.54) is 6.42 Å². The number of hydrogen-bond donors (Lipinski definition) is 2. The van der Waals surface area contributed by atoms with E-state index in [4.69, 9.17) is 4.74 Å². The summed E-state index contributed by atoms with van der Waals surface area (Å²) >= 11 is 0. The van der Waals surface area contributed by atoms with E-state index in [-0.39, 0.29) is 35.8 Å². The molecule has 0 aromatic rings. The third kappa shape index (κ3) is 3.31. The molecular formula is C24H35N3O4. The SMILES string of the molecule is CC(C)N1C(=O)[C@H]2[C@@H](C(=O)NC3CCCCC3)[C@H]3C=C[C@@]2(O3)[C@H]1C(=O)NC1CCCC1. The molecular weight excluding hydrogens is 394 g/mol. The molecule has 5 aliphatic rings. The molecule has 0 radical (unpaired) electrons. The van der Waals surface area contributed by atoms with Gasteiger partial charge in [-0.1, -0.05) is 44.3 Å². The average molecular weight is 430 g/mol. The Morgan fingerprint density at radius 2 is 1.58 bits per heavy atom. The van der Waals surface area contributed by atoms with Gasteiger partial charge in [0.1, 0.15) is 11.6 Å². The van der Waals surface area contributed by atoms with Crippen LogP contribution in [0.25, 0.3) is 0 Å². The van der Waals surface area contributed by atoms with Gasteiger partial charge < -0.3 is 20.3 Å². The van der Waals surface area contributed by atoms with Crippen LogP contribution in [0.1, 0.15) is 71.6 Å². The quantitative estimate of drug-likeness (QED) is 0.655. The van der Waals surface area contributed by atoms with Crippen LogP contribution >= 0.6 is 0 Å². The van der Waals surface area contributed by atoms with Crippen LogP contribution in [0.15, 0.2) is 12.2 Å². The topological polar surface area (TPSA) is 87.7 Å². The van der Waals surface area contributed by atoms with Gasteiger partial charge in [0, 0.05) is 18.1 Å². The van der Waals surface area contributed by atoms with Crippen molar-refractivity contribution in [2.75, 3.05) is 0 Å². The Morgan fingerprint density at radius 1 is 1.00 bits per heavy atom. The number of amides is 3. The van der Waals surface area contributed by atoms with Crippen molar-refractivity contribution in [2.24, 2.45) is 11.8 Å². The van der Waals surface area contributed by atoms with E-state index >= 15 is 0 Å². The molecule has 0 aromatic heterocycles. The van der Waals surface area contributed by atoms with Crippen molar-refractivity contribution in [2.45, 2.75) is 108 Å². The van der Waals surface area contributed by atoms with E-state index < -0.39 is 29.6 Å². The number of ether oxygens (including phenoxy) is 1. The Hall–Kier alpha value is -1.89. The van der Waals surface area contributed by atoms with Gasteiger partial charge in [-0.15, -0.1) is 0 Å². The molecule has 4 fully saturated rings. The number of rotatable bonds is 5. The monoisotopic (exact) mass is 429 g/mol. The number of carbonyl (C=O) groups is 3.